The normalized spacial score (nSPS) is 22.7. The van der Waals surface area contributed by atoms with E-state index >= 15 is 0 Å². The highest BCUT2D eigenvalue weighted by Crippen LogP contribution is 2.38. The Morgan fingerprint density at radius 3 is 1.90 bits per heavy atom. The third-order valence-corrected chi connectivity index (χ3v) is 6.57. The van der Waals surface area contributed by atoms with Crippen molar-refractivity contribution in [1.29, 1.82) is 0 Å². The third kappa shape index (κ3) is 5.19. The van der Waals surface area contributed by atoms with Crippen LogP contribution in [-0.4, -0.2) is 17.9 Å². The maximum absolute atomic E-state index is 13.5. The monoisotopic (exact) mass is 406 g/mol. The zero-order valence-corrected chi connectivity index (χ0v) is 18.6. The predicted octanol–water partition coefficient (Wildman–Crippen LogP) is 6.03. The van der Waals surface area contributed by atoms with E-state index < -0.39 is 5.92 Å². The van der Waals surface area contributed by atoms with E-state index in [0.29, 0.717) is 17.8 Å². The number of ether oxygens (including phenoxy) is 1. The van der Waals surface area contributed by atoms with Crippen LogP contribution in [0.5, 0.6) is 0 Å². The number of hydrogen-bond acceptors (Lipinski definition) is 3. The van der Waals surface area contributed by atoms with Crippen molar-refractivity contribution in [3.8, 4) is 0 Å². The van der Waals surface area contributed by atoms with Crippen LogP contribution >= 0.6 is 0 Å². The van der Waals surface area contributed by atoms with E-state index in [2.05, 4.69) is 20.8 Å². The summed E-state index contributed by atoms with van der Waals surface area (Å²) in [6.07, 6.45) is 3.00. The number of hydrogen-bond donors (Lipinski definition) is 0. The van der Waals surface area contributed by atoms with Gasteiger partial charge in [-0.15, -0.1) is 0 Å². The minimum absolute atomic E-state index is 0.115. The Morgan fingerprint density at radius 2 is 1.43 bits per heavy atom. The molecule has 1 saturated carbocycles. The molecule has 0 aromatic heterocycles. The summed E-state index contributed by atoms with van der Waals surface area (Å²) in [5.74, 6) is -0.397. The Morgan fingerprint density at radius 1 is 0.900 bits per heavy atom. The van der Waals surface area contributed by atoms with Crippen molar-refractivity contribution >= 4 is 11.8 Å². The second-order valence-corrected chi connectivity index (χ2v) is 9.19. The van der Waals surface area contributed by atoms with Gasteiger partial charge in [-0.3, -0.25) is 9.59 Å². The van der Waals surface area contributed by atoms with Gasteiger partial charge in [0.25, 0.3) is 0 Å². The number of esters is 1. The molecule has 2 aromatic carbocycles. The first-order valence-electron chi connectivity index (χ1n) is 11.2. The van der Waals surface area contributed by atoms with Crippen molar-refractivity contribution in [1.82, 2.24) is 0 Å². The fourth-order valence-electron chi connectivity index (χ4n) is 4.91. The van der Waals surface area contributed by atoms with Crippen LogP contribution in [0.15, 0.2) is 60.7 Å². The SMILES string of the molecule is CC(=O)[C@@H](C(=O)O[C@@H]1C[C@@H](C)CC[C@H]1C(C)C)C(c1ccccc1)c1ccccc1. The molecule has 0 N–H and O–H groups in total. The molecule has 0 unspecified atom stereocenters. The van der Waals surface area contributed by atoms with Crippen molar-refractivity contribution in [2.75, 3.05) is 0 Å². The minimum atomic E-state index is -0.847. The molecule has 0 aliphatic heterocycles. The number of Topliss-reactive ketones (excluding diaryl/α,β-unsaturated/α-hetero) is 1. The number of carbonyl (C=O) groups excluding carboxylic acids is 2. The molecule has 160 valence electrons. The summed E-state index contributed by atoms with van der Waals surface area (Å²) in [5, 5.41) is 0. The van der Waals surface area contributed by atoms with Gasteiger partial charge in [0, 0.05) is 5.92 Å². The minimum Gasteiger partial charge on any atom is -0.461 e. The molecule has 4 atom stereocenters. The lowest BCUT2D eigenvalue weighted by Crippen LogP contribution is -2.40. The quantitative estimate of drug-likeness (QED) is 0.417. The Bertz CT molecular complexity index is 788. The Hall–Kier alpha value is -2.42. The van der Waals surface area contributed by atoms with Gasteiger partial charge >= 0.3 is 5.97 Å². The maximum Gasteiger partial charge on any atom is 0.317 e. The third-order valence-electron chi connectivity index (χ3n) is 6.57. The Balaban J connectivity index is 1.93. The molecule has 1 aliphatic rings. The molecule has 0 radical (unpaired) electrons. The average molecular weight is 407 g/mol. The zero-order valence-electron chi connectivity index (χ0n) is 18.6. The standard InChI is InChI=1S/C27H34O3/c1-18(2)23-16-15-19(3)17-24(23)30-27(29)25(20(4)28)26(21-11-7-5-8-12-21)22-13-9-6-10-14-22/h5-14,18-19,23-26H,15-17H2,1-4H3/t19-,23-,24+,25+/m0/s1. The lowest BCUT2D eigenvalue weighted by molar-refractivity contribution is -0.163. The van der Waals surface area contributed by atoms with E-state index in [9.17, 15) is 9.59 Å². The Labute approximate surface area is 180 Å². The van der Waals surface area contributed by atoms with Crippen LogP contribution in [0, 0.1) is 23.7 Å². The highest BCUT2D eigenvalue weighted by Gasteiger charge is 2.40. The van der Waals surface area contributed by atoms with E-state index in [1.807, 2.05) is 60.7 Å². The summed E-state index contributed by atoms with van der Waals surface area (Å²) in [6.45, 7) is 8.12. The second kappa shape index (κ2) is 10.1. The molecule has 1 fully saturated rings. The van der Waals surface area contributed by atoms with Gasteiger partial charge in [0.05, 0.1) is 0 Å². The first kappa shape index (κ1) is 22.3. The van der Waals surface area contributed by atoms with Gasteiger partial charge in [-0.05, 0) is 48.6 Å². The number of rotatable bonds is 7. The van der Waals surface area contributed by atoms with Crippen LogP contribution in [0.4, 0.5) is 0 Å². The molecule has 3 nitrogen and oxygen atoms in total. The summed E-state index contributed by atoms with van der Waals surface area (Å²) in [6, 6.07) is 19.6. The Kier molecular flexibility index (Phi) is 7.47. The van der Waals surface area contributed by atoms with Crippen LogP contribution in [0.25, 0.3) is 0 Å². The van der Waals surface area contributed by atoms with E-state index in [1.165, 1.54) is 13.3 Å². The van der Waals surface area contributed by atoms with Gasteiger partial charge in [-0.2, -0.15) is 0 Å². The van der Waals surface area contributed by atoms with Crippen LogP contribution in [0.1, 0.15) is 64.0 Å². The van der Waals surface area contributed by atoms with Crippen molar-refractivity contribution in [2.24, 2.45) is 23.7 Å². The molecule has 3 heteroatoms. The van der Waals surface area contributed by atoms with E-state index in [0.717, 1.165) is 24.0 Å². The summed E-state index contributed by atoms with van der Waals surface area (Å²) in [7, 11) is 0. The van der Waals surface area contributed by atoms with Gasteiger partial charge in [-0.1, -0.05) is 87.9 Å². The summed E-state index contributed by atoms with van der Waals surface area (Å²) >= 11 is 0. The lowest BCUT2D eigenvalue weighted by atomic mass is 9.75. The molecule has 3 rings (SSSR count). The zero-order chi connectivity index (χ0) is 21.7. The molecule has 0 saturated heterocycles. The summed E-state index contributed by atoms with van der Waals surface area (Å²) < 4.78 is 6.12. The molecular weight excluding hydrogens is 372 g/mol. The van der Waals surface area contributed by atoms with E-state index in [4.69, 9.17) is 4.74 Å². The number of ketones is 1. The molecule has 2 aromatic rings. The second-order valence-electron chi connectivity index (χ2n) is 9.19. The highest BCUT2D eigenvalue weighted by atomic mass is 16.5. The first-order valence-corrected chi connectivity index (χ1v) is 11.2. The number of carbonyl (C=O) groups is 2. The first-order chi connectivity index (χ1) is 14.4. The molecule has 30 heavy (non-hydrogen) atoms. The van der Waals surface area contributed by atoms with Crippen molar-refractivity contribution in [3.63, 3.8) is 0 Å². The van der Waals surface area contributed by atoms with Crippen LogP contribution in [-0.2, 0) is 14.3 Å². The molecule has 0 amide bonds. The average Bonchev–Trinajstić information content (AvgIpc) is 2.72. The van der Waals surface area contributed by atoms with E-state index in [-0.39, 0.29) is 23.8 Å². The molecule has 0 heterocycles. The van der Waals surface area contributed by atoms with Crippen molar-refractivity contribution in [3.05, 3.63) is 71.8 Å². The van der Waals surface area contributed by atoms with Crippen molar-refractivity contribution in [2.45, 2.75) is 59.0 Å². The summed E-state index contributed by atoms with van der Waals surface area (Å²) in [5.41, 5.74) is 1.91. The van der Waals surface area contributed by atoms with Crippen LogP contribution < -0.4 is 0 Å². The van der Waals surface area contributed by atoms with Gasteiger partial charge in [0.1, 0.15) is 17.8 Å². The molecule has 1 aliphatic carbocycles. The fraction of sp³-hybridized carbons (Fsp3) is 0.481. The van der Waals surface area contributed by atoms with E-state index in [1.54, 1.807) is 0 Å². The topological polar surface area (TPSA) is 43.4 Å². The number of benzene rings is 2. The molecule has 0 spiro atoms. The van der Waals surface area contributed by atoms with Crippen LogP contribution in [0.3, 0.4) is 0 Å². The van der Waals surface area contributed by atoms with Gasteiger partial charge in [-0.25, -0.2) is 0 Å². The highest BCUT2D eigenvalue weighted by molar-refractivity contribution is 5.99. The summed E-state index contributed by atoms with van der Waals surface area (Å²) in [4.78, 5) is 26.3. The fourth-order valence-corrected chi connectivity index (χ4v) is 4.91. The van der Waals surface area contributed by atoms with Crippen molar-refractivity contribution < 1.29 is 14.3 Å². The van der Waals surface area contributed by atoms with Gasteiger partial charge in [0.2, 0.25) is 0 Å². The smallest absolute Gasteiger partial charge is 0.317 e. The predicted molar refractivity (Wildman–Crippen MR) is 120 cm³/mol. The molecule has 0 bridgehead atoms. The lowest BCUT2D eigenvalue weighted by Gasteiger charge is -2.37. The van der Waals surface area contributed by atoms with Gasteiger partial charge in [0.15, 0.2) is 0 Å². The largest absolute Gasteiger partial charge is 0.461 e. The maximum atomic E-state index is 13.5. The molecular formula is C27H34O3. The van der Waals surface area contributed by atoms with Gasteiger partial charge < -0.3 is 4.74 Å². The van der Waals surface area contributed by atoms with Crippen LogP contribution in [0.2, 0.25) is 0 Å².